The molecule has 1 saturated carbocycles. The Balaban J connectivity index is 1.61. The molecule has 0 spiro atoms. The Kier molecular flexibility index (Phi) is 7.30. The van der Waals surface area contributed by atoms with Gasteiger partial charge in [0.25, 0.3) is 0 Å². The van der Waals surface area contributed by atoms with E-state index in [1.165, 1.54) is 4.90 Å². The number of nitrogens with zero attached hydrogens (tertiary/aromatic N) is 4. The van der Waals surface area contributed by atoms with Crippen molar-refractivity contribution >= 4 is 23.5 Å². The van der Waals surface area contributed by atoms with E-state index in [1.807, 2.05) is 13.1 Å². The quantitative estimate of drug-likeness (QED) is 0.621. The first-order valence-corrected chi connectivity index (χ1v) is 10.6. The third kappa shape index (κ3) is 5.71. The highest BCUT2D eigenvalue weighted by molar-refractivity contribution is 5.93. The lowest BCUT2D eigenvalue weighted by molar-refractivity contribution is -0.134. The van der Waals surface area contributed by atoms with Crippen molar-refractivity contribution in [3.63, 3.8) is 0 Å². The van der Waals surface area contributed by atoms with Gasteiger partial charge in [-0.1, -0.05) is 6.92 Å². The molecular weight excluding hydrogens is 388 g/mol. The summed E-state index contributed by atoms with van der Waals surface area (Å²) in [5.41, 5.74) is 0.671. The average molecular weight is 421 g/mol. The minimum absolute atomic E-state index is 0.0162. The first-order chi connectivity index (χ1) is 14.4. The predicted molar refractivity (Wildman–Crippen MR) is 111 cm³/mol. The number of anilines is 1. The van der Waals surface area contributed by atoms with Crippen molar-refractivity contribution in [1.29, 1.82) is 0 Å². The molecule has 2 N–H and O–H groups in total. The first-order valence-electron chi connectivity index (χ1n) is 10.6. The number of hydrogen-bond donors (Lipinski definition) is 2. The summed E-state index contributed by atoms with van der Waals surface area (Å²) >= 11 is 0. The molecule has 0 radical (unpaired) electrons. The molecule has 1 aromatic rings. The normalized spacial score (nSPS) is 20.8. The van der Waals surface area contributed by atoms with Crippen molar-refractivity contribution < 1.29 is 19.1 Å². The Labute approximate surface area is 176 Å². The van der Waals surface area contributed by atoms with Crippen LogP contribution in [0.2, 0.25) is 0 Å². The molecule has 2 aliphatic rings. The van der Waals surface area contributed by atoms with Gasteiger partial charge >= 0.3 is 6.03 Å². The van der Waals surface area contributed by atoms with E-state index in [2.05, 4.69) is 15.7 Å². The maximum Gasteiger partial charge on any atom is 0.317 e. The molecule has 2 fully saturated rings. The topological polar surface area (TPSA) is 109 Å². The second kappa shape index (κ2) is 9.92. The van der Waals surface area contributed by atoms with Crippen molar-refractivity contribution in [2.24, 2.45) is 5.92 Å². The standard InChI is InChI=1S/C20H32N6O4/c1-4-7-21-20(29)25-11-16(8-17(25)12-30-13-18(27)24(2)3)26-10-15(9-22-26)23-19(28)14-5-6-14/h9-10,14,16-17H,4-8,11-13H2,1-3H3,(H,21,29)(H,23,28)/t16-,17-/m0/s1. The zero-order valence-electron chi connectivity index (χ0n) is 18.0. The number of urea groups is 1. The van der Waals surface area contributed by atoms with Gasteiger partial charge in [0.1, 0.15) is 6.61 Å². The fourth-order valence-corrected chi connectivity index (χ4v) is 3.43. The summed E-state index contributed by atoms with van der Waals surface area (Å²) in [5, 5.41) is 10.2. The molecule has 30 heavy (non-hydrogen) atoms. The Bertz CT molecular complexity index is 760. The molecule has 2 atom stereocenters. The van der Waals surface area contributed by atoms with Crippen LogP contribution in [0.15, 0.2) is 12.4 Å². The number of likely N-dealkylation sites (tertiary alicyclic amines) is 1. The van der Waals surface area contributed by atoms with Crippen molar-refractivity contribution in [2.75, 3.05) is 45.7 Å². The van der Waals surface area contributed by atoms with Crippen LogP contribution in [0.4, 0.5) is 10.5 Å². The van der Waals surface area contributed by atoms with Crippen molar-refractivity contribution in [1.82, 2.24) is 24.9 Å². The molecule has 1 aromatic heterocycles. The lowest BCUT2D eigenvalue weighted by atomic mass is 10.2. The summed E-state index contributed by atoms with van der Waals surface area (Å²) in [6.45, 7) is 3.36. The lowest BCUT2D eigenvalue weighted by Crippen LogP contribution is -2.45. The van der Waals surface area contributed by atoms with Crippen LogP contribution in [0.5, 0.6) is 0 Å². The van der Waals surface area contributed by atoms with Crippen molar-refractivity contribution in [2.45, 2.75) is 44.7 Å². The highest BCUT2D eigenvalue weighted by Crippen LogP contribution is 2.31. The second-order valence-corrected chi connectivity index (χ2v) is 8.20. The van der Waals surface area contributed by atoms with E-state index >= 15 is 0 Å². The number of ether oxygens (including phenoxy) is 1. The molecule has 1 aliphatic heterocycles. The number of nitrogens with one attached hydrogen (secondary N) is 2. The summed E-state index contributed by atoms with van der Waals surface area (Å²) in [6.07, 6.45) is 6.86. The Morgan fingerprint density at radius 3 is 2.73 bits per heavy atom. The number of carbonyl (C=O) groups excluding carboxylic acids is 3. The second-order valence-electron chi connectivity index (χ2n) is 8.20. The smallest absolute Gasteiger partial charge is 0.317 e. The Hall–Kier alpha value is -2.62. The fraction of sp³-hybridized carbons (Fsp3) is 0.700. The minimum atomic E-state index is -0.157. The van der Waals surface area contributed by atoms with Gasteiger partial charge in [-0.15, -0.1) is 0 Å². The highest BCUT2D eigenvalue weighted by atomic mass is 16.5. The summed E-state index contributed by atoms with van der Waals surface area (Å²) in [6, 6.07) is -0.320. The van der Waals surface area contributed by atoms with Crippen LogP contribution in [0.25, 0.3) is 0 Å². The molecule has 0 aromatic carbocycles. The van der Waals surface area contributed by atoms with Gasteiger partial charge in [0.2, 0.25) is 11.8 Å². The van der Waals surface area contributed by atoms with Crippen LogP contribution in [0, 0.1) is 5.92 Å². The monoisotopic (exact) mass is 420 g/mol. The van der Waals surface area contributed by atoms with Crippen LogP contribution in [-0.4, -0.2) is 83.9 Å². The number of hydrogen-bond acceptors (Lipinski definition) is 5. The van der Waals surface area contributed by atoms with E-state index in [0.29, 0.717) is 25.2 Å². The Morgan fingerprint density at radius 2 is 2.07 bits per heavy atom. The summed E-state index contributed by atoms with van der Waals surface area (Å²) in [7, 11) is 3.36. The van der Waals surface area contributed by atoms with Gasteiger partial charge in [-0.25, -0.2) is 4.79 Å². The third-order valence-electron chi connectivity index (χ3n) is 5.41. The zero-order valence-corrected chi connectivity index (χ0v) is 18.0. The minimum Gasteiger partial charge on any atom is -0.369 e. The average Bonchev–Trinajstić information content (AvgIpc) is 3.33. The molecule has 10 heteroatoms. The molecule has 1 saturated heterocycles. The van der Waals surface area contributed by atoms with E-state index in [4.69, 9.17) is 4.74 Å². The van der Waals surface area contributed by atoms with Crippen molar-refractivity contribution in [3.05, 3.63) is 12.4 Å². The molecule has 10 nitrogen and oxygen atoms in total. The summed E-state index contributed by atoms with van der Waals surface area (Å²) in [5.74, 6) is 0.0528. The van der Waals surface area contributed by atoms with E-state index in [-0.39, 0.29) is 49.1 Å². The van der Waals surface area contributed by atoms with Crippen LogP contribution in [0.3, 0.4) is 0 Å². The van der Waals surface area contributed by atoms with Crippen LogP contribution in [0.1, 0.15) is 38.6 Å². The largest absolute Gasteiger partial charge is 0.369 e. The molecular formula is C20H32N6O4. The maximum atomic E-state index is 12.6. The Morgan fingerprint density at radius 1 is 1.30 bits per heavy atom. The van der Waals surface area contributed by atoms with Gasteiger partial charge in [-0.3, -0.25) is 14.3 Å². The van der Waals surface area contributed by atoms with E-state index in [0.717, 1.165) is 19.3 Å². The molecule has 1 aliphatic carbocycles. The first kappa shape index (κ1) is 22.1. The van der Waals surface area contributed by atoms with Gasteiger partial charge in [-0.05, 0) is 25.7 Å². The SMILES string of the molecule is CCCNC(=O)N1C[C@@H](n2cc(NC(=O)C3CC3)cn2)C[C@H]1COCC(=O)N(C)C. The molecule has 3 rings (SSSR count). The van der Waals surface area contributed by atoms with Gasteiger partial charge in [-0.2, -0.15) is 5.10 Å². The number of carbonyl (C=O) groups is 3. The lowest BCUT2D eigenvalue weighted by Gasteiger charge is -2.24. The van der Waals surface area contributed by atoms with Crippen LogP contribution < -0.4 is 10.6 Å². The zero-order chi connectivity index (χ0) is 21.7. The van der Waals surface area contributed by atoms with E-state index in [9.17, 15) is 14.4 Å². The maximum absolute atomic E-state index is 12.6. The van der Waals surface area contributed by atoms with Gasteiger partial charge in [0.15, 0.2) is 0 Å². The van der Waals surface area contributed by atoms with E-state index in [1.54, 1.807) is 29.9 Å². The van der Waals surface area contributed by atoms with Gasteiger partial charge in [0.05, 0.1) is 30.6 Å². The van der Waals surface area contributed by atoms with E-state index < -0.39 is 0 Å². The summed E-state index contributed by atoms with van der Waals surface area (Å²) < 4.78 is 7.40. The number of rotatable bonds is 9. The predicted octanol–water partition coefficient (Wildman–Crippen LogP) is 1.07. The van der Waals surface area contributed by atoms with Gasteiger partial charge in [0, 0.05) is 39.3 Å². The van der Waals surface area contributed by atoms with Crippen molar-refractivity contribution in [3.8, 4) is 0 Å². The molecule has 4 amide bonds. The molecule has 2 heterocycles. The highest BCUT2D eigenvalue weighted by Gasteiger charge is 2.37. The fourth-order valence-electron chi connectivity index (χ4n) is 3.43. The number of aromatic nitrogens is 2. The number of likely N-dealkylation sites (N-methyl/N-ethyl adjacent to an activating group) is 1. The van der Waals surface area contributed by atoms with Crippen LogP contribution in [-0.2, 0) is 14.3 Å². The molecule has 0 unspecified atom stereocenters. The van der Waals surface area contributed by atoms with Gasteiger partial charge < -0.3 is 25.2 Å². The molecule has 166 valence electrons. The summed E-state index contributed by atoms with van der Waals surface area (Å²) in [4.78, 5) is 39.6. The third-order valence-corrected chi connectivity index (χ3v) is 5.41. The number of amides is 4. The molecule has 0 bridgehead atoms. The van der Waals surface area contributed by atoms with Crippen LogP contribution >= 0.6 is 0 Å².